The first-order valence-electron chi connectivity index (χ1n) is 9.64. The zero-order valence-electron chi connectivity index (χ0n) is 15.7. The fourth-order valence-corrected chi connectivity index (χ4v) is 3.50. The molecule has 0 spiro atoms. The molecule has 0 N–H and O–H groups in total. The van der Waals surface area contributed by atoms with E-state index in [1.54, 1.807) is 10.6 Å². The van der Waals surface area contributed by atoms with Crippen molar-refractivity contribution in [2.45, 2.75) is 45.3 Å². The van der Waals surface area contributed by atoms with E-state index in [2.05, 4.69) is 10.1 Å². The number of amides is 1. The zero-order valence-corrected chi connectivity index (χ0v) is 15.7. The van der Waals surface area contributed by atoms with Crippen LogP contribution in [0.25, 0.3) is 0 Å². The molecule has 7 nitrogen and oxygen atoms in total. The minimum Gasteiger partial charge on any atom is -0.328 e. The van der Waals surface area contributed by atoms with Crippen LogP contribution in [0.2, 0.25) is 0 Å². The molecule has 4 rings (SSSR count). The average molecular weight is 377 g/mol. The van der Waals surface area contributed by atoms with Crippen molar-refractivity contribution >= 4 is 5.91 Å². The van der Waals surface area contributed by atoms with Gasteiger partial charge in [0.1, 0.15) is 17.9 Å². The lowest BCUT2D eigenvalue weighted by molar-refractivity contribution is -0.118. The molecular weight excluding hydrogens is 354 g/mol. The van der Waals surface area contributed by atoms with Gasteiger partial charge in [-0.2, -0.15) is 10.1 Å². The summed E-state index contributed by atoms with van der Waals surface area (Å²) in [4.78, 5) is 29.3. The molecule has 0 fully saturated rings. The number of pyridine rings is 1. The molecule has 1 amide bonds. The summed E-state index contributed by atoms with van der Waals surface area (Å²) in [7, 11) is 0. The van der Waals surface area contributed by atoms with Crippen LogP contribution in [0.4, 0.5) is 0 Å². The molecule has 0 saturated heterocycles. The molecular formula is C21H23N5O2. The summed E-state index contributed by atoms with van der Waals surface area (Å²) in [5, 5.41) is 4.36. The molecule has 3 aromatic rings. The van der Waals surface area contributed by atoms with Crippen LogP contribution in [0.5, 0.6) is 0 Å². The number of fused-ring (bicyclic) bond motifs is 1. The first kappa shape index (κ1) is 18.2. The Morgan fingerprint density at radius 3 is 2.71 bits per heavy atom. The summed E-state index contributed by atoms with van der Waals surface area (Å²) >= 11 is 0. The Balaban J connectivity index is 1.57. The van der Waals surface area contributed by atoms with Gasteiger partial charge in [-0.1, -0.05) is 42.8 Å². The lowest BCUT2D eigenvalue weighted by atomic mass is 10.2. The first-order chi connectivity index (χ1) is 13.7. The highest BCUT2D eigenvalue weighted by atomic mass is 16.2. The second-order valence-electron chi connectivity index (χ2n) is 7.00. The molecule has 0 bridgehead atoms. The van der Waals surface area contributed by atoms with E-state index in [0.717, 1.165) is 37.1 Å². The lowest BCUT2D eigenvalue weighted by Gasteiger charge is -2.07. The van der Waals surface area contributed by atoms with E-state index in [4.69, 9.17) is 0 Å². The second kappa shape index (κ2) is 8.21. The van der Waals surface area contributed by atoms with E-state index in [1.165, 1.54) is 4.68 Å². The van der Waals surface area contributed by atoms with Gasteiger partial charge in [-0.15, -0.1) is 0 Å². The third-order valence-electron chi connectivity index (χ3n) is 4.92. The summed E-state index contributed by atoms with van der Waals surface area (Å²) in [5.74, 6) is 0.387. The molecule has 3 heterocycles. The molecule has 0 aliphatic carbocycles. The highest BCUT2D eigenvalue weighted by molar-refractivity contribution is 5.76. The number of aryl methyl sites for hydroxylation is 1. The van der Waals surface area contributed by atoms with Crippen molar-refractivity contribution < 1.29 is 4.79 Å². The smallest absolute Gasteiger partial charge is 0.328 e. The minimum absolute atomic E-state index is 0.140. The van der Waals surface area contributed by atoms with Gasteiger partial charge in [0.2, 0.25) is 0 Å². The number of aromatic nitrogens is 4. The van der Waals surface area contributed by atoms with E-state index in [1.807, 2.05) is 53.2 Å². The maximum atomic E-state index is 12.5. The average Bonchev–Trinajstić information content (AvgIpc) is 2.86. The van der Waals surface area contributed by atoms with Crippen molar-refractivity contribution in [1.29, 1.82) is 0 Å². The predicted molar refractivity (Wildman–Crippen MR) is 105 cm³/mol. The van der Waals surface area contributed by atoms with Crippen molar-refractivity contribution in [3.8, 4) is 0 Å². The van der Waals surface area contributed by atoms with Crippen LogP contribution in [-0.4, -0.2) is 24.8 Å². The number of nitrogens with zero attached hydrogens (tertiary/aromatic N) is 5. The van der Waals surface area contributed by atoms with Crippen molar-refractivity contribution in [2.75, 3.05) is 0 Å². The molecule has 1 aliphatic heterocycles. The van der Waals surface area contributed by atoms with Crippen LogP contribution in [-0.2, 0) is 30.8 Å². The molecule has 1 aliphatic rings. The number of rotatable bonds is 4. The molecule has 144 valence electrons. The monoisotopic (exact) mass is 377 g/mol. The van der Waals surface area contributed by atoms with E-state index in [-0.39, 0.29) is 18.1 Å². The Hall–Kier alpha value is -3.22. The molecule has 0 unspecified atom stereocenters. The normalized spacial score (nSPS) is 14.5. The Morgan fingerprint density at radius 1 is 1.04 bits per heavy atom. The standard InChI is InChI=1S/C21H23N5O2/c27-20(16-26-21(28)25-14-7-2-5-12-19(25)23-26)22-18-11-6-8-13-24(18)15-17-9-3-1-4-10-17/h1,3-4,6,8-11,13H,2,5,7,12,14-16H2. The minimum atomic E-state index is -0.386. The Kier molecular flexibility index (Phi) is 5.32. The first-order valence-corrected chi connectivity index (χ1v) is 9.64. The number of hydrogen-bond donors (Lipinski definition) is 0. The summed E-state index contributed by atoms with van der Waals surface area (Å²) in [6.45, 7) is 1.15. The van der Waals surface area contributed by atoms with Gasteiger partial charge in [0.15, 0.2) is 0 Å². The van der Waals surface area contributed by atoms with E-state index < -0.39 is 0 Å². The highest BCUT2D eigenvalue weighted by Crippen LogP contribution is 2.10. The Bertz CT molecular complexity index is 1090. The van der Waals surface area contributed by atoms with Crippen LogP contribution in [0.15, 0.2) is 64.5 Å². The van der Waals surface area contributed by atoms with Crippen molar-refractivity contribution in [1.82, 2.24) is 18.9 Å². The third kappa shape index (κ3) is 4.03. The highest BCUT2D eigenvalue weighted by Gasteiger charge is 2.17. The van der Waals surface area contributed by atoms with Crippen LogP contribution in [0, 0.1) is 0 Å². The molecule has 28 heavy (non-hydrogen) atoms. The Labute approximate surface area is 162 Å². The fraction of sp³-hybridized carbons (Fsp3) is 0.333. The maximum absolute atomic E-state index is 12.5. The van der Waals surface area contributed by atoms with Gasteiger partial charge in [-0.05, 0) is 30.5 Å². The van der Waals surface area contributed by atoms with E-state index in [0.29, 0.717) is 18.6 Å². The number of carbonyl (C=O) groups is 1. The summed E-state index contributed by atoms with van der Waals surface area (Å²) in [6, 6.07) is 15.5. The topological polar surface area (TPSA) is 74.2 Å². The number of carbonyl (C=O) groups excluding carboxylic acids is 1. The van der Waals surface area contributed by atoms with Gasteiger partial charge in [-0.25, -0.2) is 9.48 Å². The van der Waals surface area contributed by atoms with E-state index >= 15 is 0 Å². The summed E-state index contributed by atoms with van der Waals surface area (Å²) in [6.07, 6.45) is 5.78. The van der Waals surface area contributed by atoms with Gasteiger partial charge >= 0.3 is 5.69 Å². The summed E-state index contributed by atoms with van der Waals surface area (Å²) < 4.78 is 4.85. The van der Waals surface area contributed by atoms with Gasteiger partial charge in [0.25, 0.3) is 5.91 Å². The third-order valence-corrected chi connectivity index (χ3v) is 4.92. The maximum Gasteiger partial charge on any atom is 0.346 e. The van der Waals surface area contributed by atoms with Crippen LogP contribution < -0.4 is 11.2 Å². The van der Waals surface area contributed by atoms with Crippen LogP contribution in [0.3, 0.4) is 0 Å². The molecule has 7 heteroatoms. The van der Waals surface area contributed by atoms with Gasteiger partial charge in [0, 0.05) is 25.7 Å². The lowest BCUT2D eigenvalue weighted by Crippen LogP contribution is -2.29. The SMILES string of the molecule is O=C(Cn1nc2n(c1=O)CCCCC2)N=c1ccccn1Cc1ccccc1. The molecule has 0 saturated carbocycles. The van der Waals surface area contributed by atoms with Gasteiger partial charge in [0.05, 0.1) is 0 Å². The van der Waals surface area contributed by atoms with Gasteiger partial charge < -0.3 is 4.57 Å². The van der Waals surface area contributed by atoms with Crippen molar-refractivity contribution in [2.24, 2.45) is 4.99 Å². The molecule has 1 aromatic carbocycles. The van der Waals surface area contributed by atoms with Gasteiger partial charge in [-0.3, -0.25) is 9.36 Å². The predicted octanol–water partition coefficient (Wildman–Crippen LogP) is 1.75. The van der Waals surface area contributed by atoms with Crippen molar-refractivity contribution in [3.05, 3.63) is 82.1 Å². The fourth-order valence-electron chi connectivity index (χ4n) is 3.50. The molecule has 0 radical (unpaired) electrons. The van der Waals surface area contributed by atoms with Crippen molar-refractivity contribution in [3.63, 3.8) is 0 Å². The largest absolute Gasteiger partial charge is 0.346 e. The molecule has 0 atom stereocenters. The van der Waals surface area contributed by atoms with Crippen LogP contribution >= 0.6 is 0 Å². The Morgan fingerprint density at radius 2 is 1.86 bits per heavy atom. The quantitative estimate of drug-likeness (QED) is 0.695. The molecule has 2 aromatic heterocycles. The van der Waals surface area contributed by atoms with E-state index in [9.17, 15) is 9.59 Å². The zero-order chi connectivity index (χ0) is 19.3. The number of benzene rings is 1. The number of hydrogen-bond acceptors (Lipinski definition) is 3. The second-order valence-corrected chi connectivity index (χ2v) is 7.00. The summed E-state index contributed by atoms with van der Waals surface area (Å²) in [5.41, 5.74) is 1.47. The van der Waals surface area contributed by atoms with Crippen LogP contribution in [0.1, 0.15) is 30.7 Å².